The van der Waals surface area contributed by atoms with Crippen molar-refractivity contribution in [3.63, 3.8) is 0 Å². The third kappa shape index (κ3) is 3.72. The molecule has 2 aliphatic heterocycles. The second-order valence-electron chi connectivity index (χ2n) is 5.84. The summed E-state index contributed by atoms with van der Waals surface area (Å²) in [5, 5.41) is 3.03. The topological polar surface area (TPSA) is 73.3 Å². The molecule has 0 amide bonds. The maximum atomic E-state index is 12.5. The van der Waals surface area contributed by atoms with Crippen LogP contribution in [0.15, 0.2) is 18.6 Å². The van der Waals surface area contributed by atoms with Gasteiger partial charge >= 0.3 is 12.1 Å². The molecule has 2 fully saturated rings. The van der Waals surface area contributed by atoms with Gasteiger partial charge in [0.05, 0.1) is 6.20 Å². The summed E-state index contributed by atoms with van der Waals surface area (Å²) in [4.78, 5) is 19.1. The maximum Gasteiger partial charge on any atom is 0.490 e. The van der Waals surface area contributed by atoms with Crippen LogP contribution in [0.2, 0.25) is 0 Å². The van der Waals surface area contributed by atoms with Crippen LogP contribution in [-0.2, 0) is 9.53 Å². The van der Waals surface area contributed by atoms with E-state index in [0.29, 0.717) is 25.1 Å². The average Bonchev–Trinajstić information content (AvgIpc) is 2.46. The molecule has 0 aliphatic carbocycles. The smallest absolute Gasteiger partial charge is 0.473 e. The first kappa shape index (κ1) is 16.0. The third-order valence-electron chi connectivity index (χ3n) is 4.05. The van der Waals surface area contributed by atoms with Gasteiger partial charge in [-0.25, -0.2) is 9.78 Å². The highest BCUT2D eigenvalue weighted by molar-refractivity contribution is 5.76. The monoisotopic (exact) mass is 331 g/mol. The standard InChI is InChI=1S/C14H16F3N3O3/c15-14(16,17)12(21)23-13-3-1-2-9(20-13)6-10(7-13)22-11-8-18-4-5-19-11/h4-5,8-10,20H,1-3,6-7H2. The summed E-state index contributed by atoms with van der Waals surface area (Å²) in [5.74, 6) is -1.87. The average molecular weight is 331 g/mol. The van der Waals surface area contributed by atoms with Crippen LogP contribution in [0.1, 0.15) is 32.1 Å². The van der Waals surface area contributed by atoms with Gasteiger partial charge in [-0.1, -0.05) is 0 Å². The molecule has 3 rings (SSSR count). The summed E-state index contributed by atoms with van der Waals surface area (Å²) in [6.07, 6.45) is 1.57. The van der Waals surface area contributed by atoms with Crippen molar-refractivity contribution in [3.8, 4) is 5.88 Å². The number of esters is 1. The first-order valence-corrected chi connectivity index (χ1v) is 7.37. The largest absolute Gasteiger partial charge is 0.490 e. The molecular formula is C14H16F3N3O3. The number of fused-ring (bicyclic) bond motifs is 2. The number of hydrogen-bond acceptors (Lipinski definition) is 6. The van der Waals surface area contributed by atoms with Gasteiger partial charge in [-0.3, -0.25) is 10.3 Å². The third-order valence-corrected chi connectivity index (χ3v) is 4.05. The summed E-state index contributed by atoms with van der Waals surface area (Å²) in [5.41, 5.74) is -1.33. The molecule has 6 nitrogen and oxygen atoms in total. The van der Waals surface area contributed by atoms with Crippen molar-refractivity contribution in [3.05, 3.63) is 18.6 Å². The molecule has 2 bridgehead atoms. The van der Waals surface area contributed by atoms with Crippen LogP contribution in [0, 0.1) is 0 Å². The zero-order valence-corrected chi connectivity index (χ0v) is 12.2. The fourth-order valence-electron chi connectivity index (χ4n) is 3.22. The quantitative estimate of drug-likeness (QED) is 0.854. The minimum Gasteiger partial charge on any atom is -0.473 e. The van der Waals surface area contributed by atoms with Gasteiger partial charge in [0, 0.05) is 37.7 Å². The van der Waals surface area contributed by atoms with Crippen LogP contribution in [0.5, 0.6) is 5.88 Å². The lowest BCUT2D eigenvalue weighted by molar-refractivity contribution is -0.226. The molecule has 2 saturated heterocycles. The molecule has 0 saturated carbocycles. The molecule has 0 radical (unpaired) electrons. The molecule has 1 aromatic heterocycles. The van der Waals surface area contributed by atoms with Crippen molar-refractivity contribution in [2.45, 2.75) is 56.2 Å². The Balaban J connectivity index is 1.73. The Bertz CT molecular complexity index is 569. The number of carbonyl (C=O) groups excluding carboxylic acids is 1. The number of alkyl halides is 3. The van der Waals surface area contributed by atoms with Crippen LogP contribution < -0.4 is 10.1 Å². The Kier molecular flexibility index (Phi) is 4.13. The number of hydrogen-bond donors (Lipinski definition) is 1. The summed E-state index contributed by atoms with van der Waals surface area (Å²) >= 11 is 0. The summed E-state index contributed by atoms with van der Waals surface area (Å²) < 4.78 is 48.0. The molecule has 3 unspecified atom stereocenters. The number of carbonyl (C=O) groups is 1. The molecule has 0 spiro atoms. The molecule has 0 aromatic carbocycles. The first-order chi connectivity index (χ1) is 10.9. The highest BCUT2D eigenvalue weighted by Crippen LogP contribution is 2.37. The van der Waals surface area contributed by atoms with Crippen molar-refractivity contribution in [1.29, 1.82) is 0 Å². The zero-order chi connectivity index (χ0) is 16.5. The first-order valence-electron chi connectivity index (χ1n) is 7.37. The van der Waals surface area contributed by atoms with E-state index in [1.54, 1.807) is 0 Å². The van der Waals surface area contributed by atoms with Crippen LogP contribution in [0.25, 0.3) is 0 Å². The van der Waals surface area contributed by atoms with Crippen molar-refractivity contribution in [2.75, 3.05) is 0 Å². The van der Waals surface area contributed by atoms with Gasteiger partial charge in [0.15, 0.2) is 5.72 Å². The SMILES string of the molecule is O=C(OC12CCCC(CC(Oc3cnccn3)C1)N2)C(F)(F)F. The van der Waals surface area contributed by atoms with Crippen molar-refractivity contribution >= 4 is 5.97 Å². The van der Waals surface area contributed by atoms with Gasteiger partial charge in [0.1, 0.15) is 6.10 Å². The fourth-order valence-corrected chi connectivity index (χ4v) is 3.22. The van der Waals surface area contributed by atoms with Crippen LogP contribution in [0.3, 0.4) is 0 Å². The molecule has 1 N–H and O–H groups in total. The van der Waals surface area contributed by atoms with E-state index in [0.717, 1.165) is 6.42 Å². The zero-order valence-electron chi connectivity index (χ0n) is 12.2. The van der Waals surface area contributed by atoms with Gasteiger partial charge in [-0.2, -0.15) is 13.2 Å². The predicted molar refractivity (Wildman–Crippen MR) is 71.3 cm³/mol. The molecular weight excluding hydrogens is 315 g/mol. The number of ether oxygens (including phenoxy) is 2. The molecule has 2 aliphatic rings. The van der Waals surface area contributed by atoms with Gasteiger partial charge in [0.2, 0.25) is 5.88 Å². The maximum absolute atomic E-state index is 12.5. The molecule has 3 heterocycles. The van der Waals surface area contributed by atoms with E-state index in [9.17, 15) is 18.0 Å². The highest BCUT2D eigenvalue weighted by atomic mass is 19.4. The number of nitrogens with one attached hydrogen (secondary N) is 1. The summed E-state index contributed by atoms with van der Waals surface area (Å²) in [6.45, 7) is 0. The van der Waals surface area contributed by atoms with E-state index >= 15 is 0 Å². The Morgan fingerprint density at radius 2 is 2.22 bits per heavy atom. The van der Waals surface area contributed by atoms with E-state index in [-0.39, 0.29) is 18.6 Å². The highest BCUT2D eigenvalue weighted by Gasteiger charge is 2.51. The number of piperidine rings is 2. The lowest BCUT2D eigenvalue weighted by atomic mass is 9.82. The lowest BCUT2D eigenvalue weighted by Gasteiger charge is -2.47. The van der Waals surface area contributed by atoms with Gasteiger partial charge < -0.3 is 9.47 Å². The minimum atomic E-state index is -5.01. The summed E-state index contributed by atoms with van der Waals surface area (Å²) in [7, 11) is 0. The van der Waals surface area contributed by atoms with Crippen LogP contribution in [-0.4, -0.2) is 40.0 Å². The normalized spacial score (nSPS) is 30.6. The Labute approximate surface area is 130 Å². The predicted octanol–water partition coefficient (Wildman–Crippen LogP) is 1.96. The number of nitrogens with zero attached hydrogens (tertiary/aromatic N) is 2. The van der Waals surface area contributed by atoms with Gasteiger partial charge in [-0.15, -0.1) is 0 Å². The Morgan fingerprint density at radius 1 is 1.39 bits per heavy atom. The van der Waals surface area contributed by atoms with Gasteiger partial charge in [-0.05, 0) is 12.8 Å². The summed E-state index contributed by atoms with van der Waals surface area (Å²) in [6, 6.07) is -0.0554. The van der Waals surface area contributed by atoms with Gasteiger partial charge in [0.25, 0.3) is 0 Å². The lowest BCUT2D eigenvalue weighted by Crippen LogP contribution is -2.63. The number of halogens is 3. The molecule has 3 atom stereocenters. The second-order valence-corrected chi connectivity index (χ2v) is 5.84. The molecule has 23 heavy (non-hydrogen) atoms. The number of rotatable bonds is 3. The molecule has 126 valence electrons. The van der Waals surface area contributed by atoms with E-state index in [4.69, 9.17) is 9.47 Å². The van der Waals surface area contributed by atoms with E-state index in [1.807, 2.05) is 0 Å². The molecule has 1 aromatic rings. The Morgan fingerprint density at radius 3 is 2.91 bits per heavy atom. The van der Waals surface area contributed by atoms with E-state index in [1.165, 1.54) is 18.6 Å². The second kappa shape index (κ2) is 5.95. The van der Waals surface area contributed by atoms with Crippen LogP contribution >= 0.6 is 0 Å². The van der Waals surface area contributed by atoms with E-state index < -0.39 is 17.9 Å². The minimum absolute atomic E-state index is 0.0554. The van der Waals surface area contributed by atoms with Crippen molar-refractivity contribution < 1.29 is 27.4 Å². The van der Waals surface area contributed by atoms with Crippen molar-refractivity contribution in [1.82, 2.24) is 15.3 Å². The van der Waals surface area contributed by atoms with Crippen LogP contribution in [0.4, 0.5) is 13.2 Å². The van der Waals surface area contributed by atoms with Crippen molar-refractivity contribution in [2.24, 2.45) is 0 Å². The molecule has 9 heteroatoms. The fraction of sp³-hybridized carbons (Fsp3) is 0.643. The van der Waals surface area contributed by atoms with E-state index in [2.05, 4.69) is 15.3 Å². The Hall–Kier alpha value is -1.90. The number of aromatic nitrogens is 2.